The highest BCUT2D eigenvalue weighted by Gasteiger charge is 2.19. The minimum absolute atomic E-state index is 0. The number of hydrogen-bond acceptors (Lipinski definition) is 3. The zero-order valence-corrected chi connectivity index (χ0v) is 11.5. The molecular formula is C12H21ClN4O. The van der Waals surface area contributed by atoms with Gasteiger partial charge >= 0.3 is 0 Å². The molecule has 5 nitrogen and oxygen atoms in total. The Morgan fingerprint density at radius 2 is 2.44 bits per heavy atom. The van der Waals surface area contributed by atoms with Crippen LogP contribution >= 0.6 is 12.4 Å². The maximum atomic E-state index is 11.8. The number of rotatable bonds is 4. The predicted octanol–water partition coefficient (Wildman–Crippen LogP) is 0.872. The van der Waals surface area contributed by atoms with Gasteiger partial charge in [0.2, 0.25) is 5.91 Å². The second-order valence-electron chi connectivity index (χ2n) is 4.57. The van der Waals surface area contributed by atoms with Crippen molar-refractivity contribution in [3.05, 3.63) is 18.0 Å². The van der Waals surface area contributed by atoms with E-state index in [1.807, 2.05) is 24.0 Å². The molecule has 1 aromatic heterocycles. The summed E-state index contributed by atoms with van der Waals surface area (Å²) in [4.78, 5) is 11.8. The van der Waals surface area contributed by atoms with Gasteiger partial charge < -0.3 is 10.6 Å². The summed E-state index contributed by atoms with van der Waals surface area (Å²) in [6, 6.07) is 0.00288. The molecule has 1 aliphatic heterocycles. The van der Waals surface area contributed by atoms with Crippen LogP contribution in [0.15, 0.2) is 12.4 Å². The van der Waals surface area contributed by atoms with Gasteiger partial charge in [-0.3, -0.25) is 9.48 Å². The van der Waals surface area contributed by atoms with Crippen molar-refractivity contribution in [1.82, 2.24) is 20.4 Å². The van der Waals surface area contributed by atoms with Crippen LogP contribution in [0.5, 0.6) is 0 Å². The first kappa shape index (κ1) is 15.0. The summed E-state index contributed by atoms with van der Waals surface area (Å²) in [5, 5.41) is 10.4. The summed E-state index contributed by atoms with van der Waals surface area (Å²) >= 11 is 0. The Balaban J connectivity index is 0.00000162. The fourth-order valence-corrected chi connectivity index (χ4v) is 2.08. The molecule has 2 rings (SSSR count). The molecule has 0 aromatic carbocycles. The van der Waals surface area contributed by atoms with Gasteiger partial charge in [0, 0.05) is 12.7 Å². The van der Waals surface area contributed by atoms with E-state index >= 15 is 0 Å². The molecule has 1 fully saturated rings. The first-order valence-electron chi connectivity index (χ1n) is 6.26. The Morgan fingerprint density at radius 1 is 1.61 bits per heavy atom. The third kappa shape index (κ3) is 4.31. The average Bonchev–Trinajstić information content (AvgIpc) is 2.76. The fraction of sp³-hybridized carbons (Fsp3) is 0.667. The number of hydrogen-bond donors (Lipinski definition) is 2. The quantitative estimate of drug-likeness (QED) is 0.855. The number of piperidine rings is 1. The molecule has 2 heterocycles. The van der Waals surface area contributed by atoms with Gasteiger partial charge in [-0.2, -0.15) is 5.10 Å². The van der Waals surface area contributed by atoms with Crippen LogP contribution in [-0.4, -0.2) is 34.8 Å². The van der Waals surface area contributed by atoms with Gasteiger partial charge in [-0.15, -0.1) is 12.4 Å². The van der Waals surface area contributed by atoms with E-state index in [0.29, 0.717) is 6.54 Å². The number of amides is 1. The molecule has 6 heteroatoms. The van der Waals surface area contributed by atoms with Crippen molar-refractivity contribution in [2.24, 2.45) is 0 Å². The van der Waals surface area contributed by atoms with Gasteiger partial charge in [0.05, 0.1) is 18.8 Å². The number of carbonyl (C=O) groups is 1. The van der Waals surface area contributed by atoms with Crippen molar-refractivity contribution >= 4 is 18.3 Å². The molecule has 0 bridgehead atoms. The maximum Gasteiger partial charge on any atom is 0.237 e. The lowest BCUT2D eigenvalue weighted by Gasteiger charge is -2.22. The van der Waals surface area contributed by atoms with Gasteiger partial charge in [0.1, 0.15) is 0 Å². The minimum Gasteiger partial charge on any atom is -0.353 e. The largest absolute Gasteiger partial charge is 0.353 e. The van der Waals surface area contributed by atoms with Crippen LogP contribution in [0.4, 0.5) is 0 Å². The monoisotopic (exact) mass is 272 g/mol. The van der Waals surface area contributed by atoms with E-state index < -0.39 is 0 Å². The number of carbonyl (C=O) groups excluding carboxylic acids is 1. The molecule has 1 aromatic rings. The van der Waals surface area contributed by atoms with Crippen LogP contribution in [0, 0.1) is 6.92 Å². The summed E-state index contributed by atoms with van der Waals surface area (Å²) in [6.07, 6.45) is 7.07. The highest BCUT2D eigenvalue weighted by Crippen LogP contribution is 2.06. The van der Waals surface area contributed by atoms with E-state index in [1.165, 1.54) is 6.42 Å². The third-order valence-electron chi connectivity index (χ3n) is 3.03. The fourth-order valence-electron chi connectivity index (χ4n) is 2.08. The Bertz CT molecular complexity index is 374. The highest BCUT2D eigenvalue weighted by molar-refractivity contribution is 5.85. The van der Waals surface area contributed by atoms with E-state index in [4.69, 9.17) is 0 Å². The van der Waals surface area contributed by atoms with Crippen LogP contribution in [0.25, 0.3) is 0 Å². The summed E-state index contributed by atoms with van der Waals surface area (Å²) < 4.78 is 1.85. The van der Waals surface area contributed by atoms with E-state index in [-0.39, 0.29) is 24.4 Å². The van der Waals surface area contributed by atoms with Crippen LogP contribution < -0.4 is 10.6 Å². The number of aromatic nitrogens is 2. The molecule has 1 saturated heterocycles. The Morgan fingerprint density at radius 3 is 3.06 bits per heavy atom. The number of nitrogens with zero attached hydrogens (tertiary/aromatic N) is 2. The van der Waals surface area contributed by atoms with E-state index in [9.17, 15) is 4.79 Å². The van der Waals surface area contributed by atoms with Crippen LogP contribution in [0.1, 0.15) is 24.8 Å². The lowest BCUT2D eigenvalue weighted by Crippen LogP contribution is -2.47. The molecule has 1 unspecified atom stereocenters. The van der Waals surface area contributed by atoms with Gasteiger partial charge in [-0.05, 0) is 31.9 Å². The molecule has 2 N–H and O–H groups in total. The van der Waals surface area contributed by atoms with Gasteiger partial charge in [0.15, 0.2) is 0 Å². The molecular weight excluding hydrogens is 252 g/mol. The van der Waals surface area contributed by atoms with Crippen molar-refractivity contribution in [2.75, 3.05) is 13.1 Å². The second-order valence-corrected chi connectivity index (χ2v) is 4.57. The van der Waals surface area contributed by atoms with Crippen molar-refractivity contribution in [3.63, 3.8) is 0 Å². The molecule has 1 amide bonds. The lowest BCUT2D eigenvalue weighted by molar-refractivity contribution is -0.123. The van der Waals surface area contributed by atoms with Crippen molar-refractivity contribution in [2.45, 2.75) is 38.8 Å². The molecule has 18 heavy (non-hydrogen) atoms. The Kier molecular flexibility index (Phi) is 6.15. The van der Waals surface area contributed by atoms with Crippen molar-refractivity contribution in [1.29, 1.82) is 0 Å². The van der Waals surface area contributed by atoms with E-state index in [1.54, 1.807) is 0 Å². The first-order valence-corrected chi connectivity index (χ1v) is 6.26. The lowest BCUT2D eigenvalue weighted by atomic mass is 10.0. The number of nitrogens with one attached hydrogen (secondary N) is 2. The predicted molar refractivity (Wildman–Crippen MR) is 72.9 cm³/mol. The van der Waals surface area contributed by atoms with Crippen LogP contribution in [0.2, 0.25) is 0 Å². The molecule has 1 aliphatic rings. The average molecular weight is 273 g/mol. The molecule has 0 spiro atoms. The van der Waals surface area contributed by atoms with E-state index in [0.717, 1.165) is 31.5 Å². The van der Waals surface area contributed by atoms with E-state index in [2.05, 4.69) is 15.7 Å². The zero-order valence-electron chi connectivity index (χ0n) is 10.7. The van der Waals surface area contributed by atoms with Gasteiger partial charge in [-0.1, -0.05) is 6.42 Å². The summed E-state index contributed by atoms with van der Waals surface area (Å²) in [5.41, 5.74) is 1.14. The van der Waals surface area contributed by atoms with Crippen molar-refractivity contribution < 1.29 is 4.79 Å². The number of aryl methyl sites for hydroxylation is 1. The summed E-state index contributed by atoms with van der Waals surface area (Å²) in [7, 11) is 0. The SMILES string of the molecule is Cc1cnn(CCNC(=O)C2CCCCN2)c1.Cl. The van der Waals surface area contributed by atoms with Crippen molar-refractivity contribution in [3.8, 4) is 0 Å². The molecule has 102 valence electrons. The third-order valence-corrected chi connectivity index (χ3v) is 3.03. The molecule has 0 saturated carbocycles. The molecule has 0 radical (unpaired) electrons. The zero-order chi connectivity index (χ0) is 12.1. The molecule has 0 aliphatic carbocycles. The van der Waals surface area contributed by atoms with Gasteiger partial charge in [0.25, 0.3) is 0 Å². The minimum atomic E-state index is 0. The first-order chi connectivity index (χ1) is 8.25. The van der Waals surface area contributed by atoms with Crippen LogP contribution in [-0.2, 0) is 11.3 Å². The second kappa shape index (κ2) is 7.38. The number of halogens is 1. The van der Waals surface area contributed by atoms with Crippen LogP contribution in [0.3, 0.4) is 0 Å². The summed E-state index contributed by atoms with van der Waals surface area (Å²) in [6.45, 7) is 4.33. The topological polar surface area (TPSA) is 59.0 Å². The normalized spacial score (nSPS) is 19.1. The highest BCUT2D eigenvalue weighted by atomic mass is 35.5. The summed E-state index contributed by atoms with van der Waals surface area (Å²) in [5.74, 6) is 0.119. The molecule has 1 atom stereocenters. The van der Waals surface area contributed by atoms with Gasteiger partial charge in [-0.25, -0.2) is 0 Å². The maximum absolute atomic E-state index is 11.8. The Hall–Kier alpha value is -1.07. The Labute approximate surface area is 114 Å². The standard InChI is InChI=1S/C12H20N4O.ClH/c1-10-8-15-16(9-10)7-6-14-12(17)11-4-2-3-5-13-11;/h8-9,11,13H,2-7H2,1H3,(H,14,17);1H. The smallest absolute Gasteiger partial charge is 0.237 e.